The van der Waals surface area contributed by atoms with Crippen LogP contribution in [0.5, 0.6) is 11.5 Å². The average molecular weight is 493 g/mol. The van der Waals surface area contributed by atoms with Gasteiger partial charge in [0.25, 0.3) is 0 Å². The number of fused-ring (bicyclic) bond motifs is 2. The first-order valence-corrected chi connectivity index (χ1v) is 13.2. The largest absolute Gasteiger partial charge is 0.453 e. The van der Waals surface area contributed by atoms with E-state index in [1.54, 1.807) is 24.3 Å². The van der Waals surface area contributed by atoms with Gasteiger partial charge in [0.15, 0.2) is 11.5 Å². The van der Waals surface area contributed by atoms with Gasteiger partial charge in [-0.05, 0) is 63.1 Å². The van der Waals surface area contributed by atoms with Gasteiger partial charge in [-0.1, -0.05) is 42.0 Å². The van der Waals surface area contributed by atoms with E-state index in [4.69, 9.17) is 4.74 Å². The number of aliphatic hydroxyl groups is 1. The van der Waals surface area contributed by atoms with E-state index in [0.29, 0.717) is 17.9 Å². The molecule has 1 fully saturated rings. The number of nitrogens with one attached hydrogen (secondary N) is 1. The first-order chi connectivity index (χ1) is 16.7. The van der Waals surface area contributed by atoms with E-state index in [2.05, 4.69) is 4.72 Å². The molecule has 1 heterocycles. The number of nitrogens with zero attached hydrogens (tertiary/aromatic N) is 1. The molecule has 1 aliphatic carbocycles. The summed E-state index contributed by atoms with van der Waals surface area (Å²) >= 11 is 0. The Kier molecular flexibility index (Phi) is 6.13. The van der Waals surface area contributed by atoms with Crippen LogP contribution in [0.3, 0.4) is 0 Å². The van der Waals surface area contributed by atoms with E-state index in [1.165, 1.54) is 6.92 Å². The standard InChI is InChI=1S/C27H28N2O5S/c1-17-11-13-20(14-12-17)35(32,33)28-21-15-19(18(2)30)16-24(27(21)31)29-22-7-3-5-9-25(22)34-26-10-6-4-8-23(26)29/h3-14,19,21,24,27-28,31H,15-16H2,1-2H3/t19?,21-,24?,27+/m1/s1. The van der Waals surface area contributed by atoms with Gasteiger partial charge in [0, 0.05) is 5.92 Å². The molecule has 2 aliphatic rings. The van der Waals surface area contributed by atoms with Crippen molar-refractivity contribution in [3.05, 3.63) is 78.4 Å². The summed E-state index contributed by atoms with van der Waals surface area (Å²) in [6, 6.07) is 20.2. The summed E-state index contributed by atoms with van der Waals surface area (Å²) in [5.41, 5.74) is 2.47. The molecular weight excluding hydrogens is 464 g/mol. The van der Waals surface area contributed by atoms with Gasteiger partial charge in [-0.15, -0.1) is 0 Å². The highest BCUT2D eigenvalue weighted by Crippen LogP contribution is 2.49. The van der Waals surface area contributed by atoms with Crippen LogP contribution in [0.4, 0.5) is 11.4 Å². The average Bonchev–Trinajstić information content (AvgIpc) is 2.84. The molecule has 0 aromatic heterocycles. The summed E-state index contributed by atoms with van der Waals surface area (Å²) in [5, 5.41) is 11.6. The Morgan fingerprint density at radius 3 is 2.09 bits per heavy atom. The van der Waals surface area contributed by atoms with Gasteiger partial charge < -0.3 is 14.7 Å². The molecule has 182 valence electrons. The van der Waals surface area contributed by atoms with Crippen molar-refractivity contribution >= 4 is 27.2 Å². The van der Waals surface area contributed by atoms with Crippen LogP contribution in [0.2, 0.25) is 0 Å². The van der Waals surface area contributed by atoms with Crippen molar-refractivity contribution in [3.8, 4) is 11.5 Å². The molecule has 0 bridgehead atoms. The maximum absolute atomic E-state index is 13.2. The highest BCUT2D eigenvalue weighted by molar-refractivity contribution is 7.89. The first kappa shape index (κ1) is 23.5. The minimum Gasteiger partial charge on any atom is -0.453 e. The van der Waals surface area contributed by atoms with Crippen molar-refractivity contribution in [2.24, 2.45) is 5.92 Å². The minimum atomic E-state index is -3.90. The molecule has 35 heavy (non-hydrogen) atoms. The van der Waals surface area contributed by atoms with Gasteiger partial charge >= 0.3 is 0 Å². The van der Waals surface area contributed by atoms with Gasteiger partial charge in [0.1, 0.15) is 5.78 Å². The Morgan fingerprint density at radius 2 is 1.51 bits per heavy atom. The molecule has 5 rings (SSSR count). The number of aryl methyl sites for hydroxylation is 1. The molecule has 0 spiro atoms. The van der Waals surface area contributed by atoms with E-state index in [1.807, 2.05) is 60.4 Å². The third-order valence-corrected chi connectivity index (χ3v) is 8.39. The highest BCUT2D eigenvalue weighted by atomic mass is 32.2. The second-order valence-electron chi connectivity index (χ2n) is 9.29. The summed E-state index contributed by atoms with van der Waals surface area (Å²) in [5.74, 6) is 0.841. The Morgan fingerprint density at radius 1 is 0.943 bits per heavy atom. The van der Waals surface area contributed by atoms with Crippen LogP contribution in [0, 0.1) is 12.8 Å². The molecule has 8 heteroatoms. The first-order valence-electron chi connectivity index (χ1n) is 11.7. The van der Waals surface area contributed by atoms with Crippen LogP contribution in [-0.2, 0) is 14.8 Å². The molecule has 0 amide bonds. The number of aliphatic hydroxyl groups excluding tert-OH is 1. The maximum Gasteiger partial charge on any atom is 0.240 e. The third-order valence-electron chi connectivity index (χ3n) is 6.88. The summed E-state index contributed by atoms with van der Waals surface area (Å²) < 4.78 is 35.1. The van der Waals surface area contributed by atoms with Crippen LogP contribution < -0.4 is 14.4 Å². The molecule has 3 aromatic carbocycles. The molecule has 2 unspecified atom stereocenters. The SMILES string of the molecule is CC(=O)C1CC(N2c3ccccc3Oc3ccccc32)[C@@H](O)[C@H](NS(=O)(=O)c2ccc(C)cc2)C1. The van der Waals surface area contributed by atoms with Crippen molar-refractivity contribution in [2.45, 2.75) is 49.8 Å². The number of benzene rings is 3. The lowest BCUT2D eigenvalue weighted by Gasteiger charge is -2.46. The van der Waals surface area contributed by atoms with E-state index in [9.17, 15) is 18.3 Å². The fourth-order valence-electron chi connectivity index (χ4n) is 5.02. The molecule has 3 aromatic rings. The number of Topliss-reactive ketones (excluding diaryl/α,β-unsaturated/α-hetero) is 1. The molecule has 0 radical (unpaired) electrons. The van der Waals surface area contributed by atoms with Crippen molar-refractivity contribution in [3.63, 3.8) is 0 Å². The van der Waals surface area contributed by atoms with Gasteiger partial charge in [-0.3, -0.25) is 4.79 Å². The second kappa shape index (κ2) is 9.11. The molecule has 0 saturated heterocycles. The number of ketones is 1. The Balaban J connectivity index is 1.54. The van der Waals surface area contributed by atoms with Crippen molar-refractivity contribution in [1.29, 1.82) is 0 Å². The zero-order valence-corrected chi connectivity index (χ0v) is 20.4. The van der Waals surface area contributed by atoms with E-state index < -0.39 is 34.1 Å². The summed E-state index contributed by atoms with van der Waals surface area (Å²) in [7, 11) is -3.90. The van der Waals surface area contributed by atoms with Crippen LogP contribution in [0.25, 0.3) is 0 Å². The number of hydrogen-bond donors (Lipinski definition) is 2. The van der Waals surface area contributed by atoms with E-state index in [0.717, 1.165) is 16.9 Å². The molecule has 4 atom stereocenters. The number of rotatable bonds is 5. The minimum absolute atomic E-state index is 0.0312. The number of hydrogen-bond acceptors (Lipinski definition) is 6. The molecular formula is C27H28N2O5S. The Labute approximate surface area is 205 Å². The fourth-order valence-corrected chi connectivity index (χ4v) is 6.29. The number of ether oxygens (including phenoxy) is 1. The van der Waals surface area contributed by atoms with E-state index in [-0.39, 0.29) is 17.1 Å². The fraction of sp³-hybridized carbons (Fsp3) is 0.296. The van der Waals surface area contributed by atoms with Crippen LogP contribution in [0.15, 0.2) is 77.7 Å². The van der Waals surface area contributed by atoms with Crippen LogP contribution >= 0.6 is 0 Å². The second-order valence-corrected chi connectivity index (χ2v) is 11.0. The smallest absolute Gasteiger partial charge is 0.240 e. The normalized spacial score (nSPS) is 23.7. The van der Waals surface area contributed by atoms with Gasteiger partial charge in [-0.2, -0.15) is 0 Å². The number of sulfonamides is 1. The molecule has 1 saturated carbocycles. The molecule has 7 nitrogen and oxygen atoms in total. The Bertz CT molecular complexity index is 1310. The topological polar surface area (TPSA) is 95.9 Å². The lowest BCUT2D eigenvalue weighted by atomic mass is 9.78. The summed E-state index contributed by atoms with van der Waals surface area (Å²) in [6.07, 6.45) is -0.446. The van der Waals surface area contributed by atoms with Crippen molar-refractivity contribution in [1.82, 2.24) is 4.72 Å². The third kappa shape index (κ3) is 4.45. The summed E-state index contributed by atoms with van der Waals surface area (Å²) in [4.78, 5) is 14.7. The van der Waals surface area contributed by atoms with Gasteiger partial charge in [-0.25, -0.2) is 13.1 Å². The van der Waals surface area contributed by atoms with E-state index >= 15 is 0 Å². The number of carbonyl (C=O) groups excluding carboxylic acids is 1. The Hall–Kier alpha value is -3.20. The zero-order chi connectivity index (χ0) is 24.7. The maximum atomic E-state index is 13.2. The quantitative estimate of drug-likeness (QED) is 0.551. The highest BCUT2D eigenvalue weighted by Gasteiger charge is 2.45. The van der Waals surface area contributed by atoms with Crippen molar-refractivity contribution in [2.75, 3.05) is 4.90 Å². The molecule has 2 N–H and O–H groups in total. The zero-order valence-electron chi connectivity index (χ0n) is 19.6. The van der Waals surface area contributed by atoms with Crippen LogP contribution in [-0.4, -0.2) is 37.5 Å². The monoisotopic (exact) mass is 492 g/mol. The van der Waals surface area contributed by atoms with Gasteiger partial charge in [0.2, 0.25) is 10.0 Å². The van der Waals surface area contributed by atoms with Crippen molar-refractivity contribution < 1.29 is 23.1 Å². The number of carbonyl (C=O) groups is 1. The predicted molar refractivity (Wildman–Crippen MR) is 134 cm³/mol. The van der Waals surface area contributed by atoms with Crippen LogP contribution in [0.1, 0.15) is 25.3 Å². The lowest BCUT2D eigenvalue weighted by molar-refractivity contribution is -0.123. The lowest BCUT2D eigenvalue weighted by Crippen LogP contribution is -2.58. The molecule has 1 aliphatic heterocycles. The number of para-hydroxylation sites is 4. The van der Waals surface area contributed by atoms with Gasteiger partial charge in [0.05, 0.1) is 34.5 Å². The predicted octanol–water partition coefficient (Wildman–Crippen LogP) is 4.31. The summed E-state index contributed by atoms with van der Waals surface area (Å²) in [6.45, 7) is 3.40. The number of anilines is 2.